The second-order valence-corrected chi connectivity index (χ2v) is 11.8. The highest BCUT2D eigenvalue weighted by molar-refractivity contribution is 8.01. The van der Waals surface area contributed by atoms with Gasteiger partial charge in [-0.15, -0.1) is 11.8 Å². The van der Waals surface area contributed by atoms with E-state index < -0.39 is 62.1 Å². The Labute approximate surface area is 205 Å². The summed E-state index contributed by atoms with van der Waals surface area (Å²) in [7, 11) is -4.50. The van der Waals surface area contributed by atoms with Gasteiger partial charge in [-0.2, -0.15) is 13.1 Å². The number of aromatic amines is 1. The van der Waals surface area contributed by atoms with Crippen molar-refractivity contribution >= 4 is 45.7 Å². The highest BCUT2D eigenvalue weighted by atomic mass is 32.2. The van der Waals surface area contributed by atoms with E-state index in [9.17, 15) is 32.7 Å². The van der Waals surface area contributed by atoms with Gasteiger partial charge in [-0.25, -0.2) is 9.52 Å². The van der Waals surface area contributed by atoms with Gasteiger partial charge in [0.1, 0.15) is 23.5 Å². The molecule has 4 atom stereocenters. The molecule has 0 radical (unpaired) electrons. The summed E-state index contributed by atoms with van der Waals surface area (Å²) in [6.07, 6.45) is 2.76. The van der Waals surface area contributed by atoms with Gasteiger partial charge in [-0.1, -0.05) is 30.3 Å². The number of H-pyrrole nitrogens is 1. The molecule has 186 valence electrons. The highest BCUT2D eigenvalue weighted by Crippen LogP contribution is 2.50. The molecule has 1 aromatic carbocycles. The Morgan fingerprint density at radius 2 is 1.86 bits per heavy atom. The van der Waals surface area contributed by atoms with Crippen molar-refractivity contribution in [3.63, 3.8) is 0 Å². The predicted molar refractivity (Wildman–Crippen MR) is 125 cm³/mol. The number of carbonyl (C=O) groups excluding carboxylic acids is 3. The number of carboxylic acids is 1. The monoisotopic (exact) mass is 521 g/mol. The van der Waals surface area contributed by atoms with Gasteiger partial charge in [0.25, 0.3) is 5.91 Å². The molecule has 2 fully saturated rings. The molecule has 0 spiro atoms. The SMILES string of the molecule is CC1(C)S[C@@H]2[C@H](NC(=O)C(NS(=O)(=O)NC(=O)c3cc[nH]c3)c3ccccc3)C(=O)N2[C@H]1C(=O)O. The van der Waals surface area contributed by atoms with E-state index in [0.717, 1.165) is 0 Å². The molecule has 1 aromatic heterocycles. The zero-order valence-corrected chi connectivity index (χ0v) is 20.2. The number of hydrogen-bond donors (Lipinski definition) is 5. The van der Waals surface area contributed by atoms with E-state index in [2.05, 4.69) is 15.0 Å². The van der Waals surface area contributed by atoms with Crippen molar-refractivity contribution in [3.05, 3.63) is 59.9 Å². The number of nitrogens with zero attached hydrogens (tertiary/aromatic N) is 1. The lowest BCUT2D eigenvalue weighted by atomic mass is 9.95. The Bertz CT molecular complexity index is 1260. The minimum absolute atomic E-state index is 0.0742. The van der Waals surface area contributed by atoms with Crippen molar-refractivity contribution in [1.29, 1.82) is 0 Å². The summed E-state index contributed by atoms with van der Waals surface area (Å²) in [5, 5.41) is 11.5. The van der Waals surface area contributed by atoms with Crippen LogP contribution < -0.4 is 14.8 Å². The summed E-state index contributed by atoms with van der Waals surface area (Å²) in [5.41, 5.74) is 0.348. The normalized spacial score (nSPS) is 23.7. The van der Waals surface area contributed by atoms with Crippen molar-refractivity contribution in [2.45, 2.75) is 42.1 Å². The highest BCUT2D eigenvalue weighted by Gasteiger charge is 2.64. The average Bonchev–Trinajstić information content (AvgIpc) is 3.41. The van der Waals surface area contributed by atoms with E-state index in [1.807, 2.05) is 4.72 Å². The summed E-state index contributed by atoms with van der Waals surface area (Å²) in [5.74, 6) is -3.44. The van der Waals surface area contributed by atoms with Crippen LogP contribution in [-0.4, -0.2) is 69.3 Å². The second-order valence-electron chi connectivity index (χ2n) is 8.58. The van der Waals surface area contributed by atoms with Crippen LogP contribution in [0, 0.1) is 0 Å². The molecule has 2 aromatic rings. The van der Waals surface area contributed by atoms with Crippen LogP contribution >= 0.6 is 11.8 Å². The fraction of sp³-hybridized carbons (Fsp3) is 0.333. The van der Waals surface area contributed by atoms with Gasteiger partial charge in [0.05, 0.1) is 5.56 Å². The largest absolute Gasteiger partial charge is 0.480 e. The molecule has 2 saturated heterocycles. The van der Waals surface area contributed by atoms with Crippen LogP contribution in [0.2, 0.25) is 0 Å². The molecule has 1 unspecified atom stereocenters. The maximum absolute atomic E-state index is 13.2. The summed E-state index contributed by atoms with van der Waals surface area (Å²) in [6, 6.07) is 5.75. The zero-order valence-electron chi connectivity index (χ0n) is 18.6. The third-order valence-corrected chi connectivity index (χ3v) is 8.30. The number of nitrogens with one attached hydrogen (secondary N) is 4. The lowest BCUT2D eigenvalue weighted by Gasteiger charge is -2.44. The molecule has 0 saturated carbocycles. The van der Waals surface area contributed by atoms with Gasteiger partial charge in [-0.3, -0.25) is 14.4 Å². The minimum Gasteiger partial charge on any atom is -0.480 e. The van der Waals surface area contributed by atoms with E-state index in [4.69, 9.17) is 0 Å². The van der Waals surface area contributed by atoms with Crippen LogP contribution in [0.25, 0.3) is 0 Å². The van der Waals surface area contributed by atoms with Crippen LogP contribution in [0.4, 0.5) is 0 Å². The number of amides is 3. The van der Waals surface area contributed by atoms with Crippen LogP contribution in [-0.2, 0) is 24.6 Å². The van der Waals surface area contributed by atoms with Gasteiger partial charge >= 0.3 is 16.2 Å². The molecule has 2 aliphatic heterocycles. The first-order valence-electron chi connectivity index (χ1n) is 10.5. The molecule has 4 rings (SSSR count). The Morgan fingerprint density at radius 1 is 1.17 bits per heavy atom. The number of β-lactam (4-membered cyclic amide) rings is 1. The minimum atomic E-state index is -4.50. The van der Waals surface area contributed by atoms with E-state index in [1.165, 1.54) is 47.3 Å². The predicted octanol–water partition coefficient (Wildman–Crippen LogP) is -0.0481. The Hall–Kier alpha value is -3.36. The average molecular weight is 522 g/mol. The third kappa shape index (κ3) is 4.76. The van der Waals surface area contributed by atoms with Crippen LogP contribution in [0.3, 0.4) is 0 Å². The van der Waals surface area contributed by atoms with Gasteiger partial charge in [0.2, 0.25) is 11.8 Å². The van der Waals surface area contributed by atoms with Crippen molar-refractivity contribution < 1.29 is 32.7 Å². The third-order valence-electron chi connectivity index (χ3n) is 5.73. The number of aliphatic carboxylic acids is 1. The first-order chi connectivity index (χ1) is 16.4. The van der Waals surface area contributed by atoms with E-state index >= 15 is 0 Å². The fourth-order valence-corrected chi connectivity index (χ4v) is 6.73. The molecular formula is C21H23N5O7S2. The van der Waals surface area contributed by atoms with Gasteiger partial charge in [0.15, 0.2) is 0 Å². The summed E-state index contributed by atoms with van der Waals surface area (Å²) in [4.78, 5) is 53.7. The molecule has 12 nitrogen and oxygen atoms in total. The Morgan fingerprint density at radius 3 is 2.46 bits per heavy atom. The number of thioether (sulfide) groups is 1. The van der Waals surface area contributed by atoms with Crippen LogP contribution in [0.1, 0.15) is 35.8 Å². The van der Waals surface area contributed by atoms with Gasteiger partial charge in [0, 0.05) is 17.1 Å². The molecule has 0 aliphatic carbocycles. The standard InChI is InChI=1S/C21H23N5O7S2/c1-21(2)15(20(30)31)26-18(29)14(19(26)34-21)23-17(28)13(11-6-4-3-5-7-11)24-35(32,33)25-16(27)12-8-9-22-10-12/h3-10,13-15,19,22,24H,1-2H3,(H,23,28)(H,25,27)(H,30,31)/t13?,14-,15+,19-/m1/s1. The Balaban J connectivity index is 1.52. The number of carbonyl (C=O) groups is 4. The maximum Gasteiger partial charge on any atom is 0.327 e. The number of benzene rings is 1. The summed E-state index contributed by atoms with van der Waals surface area (Å²) < 4.78 is 28.6. The van der Waals surface area contributed by atoms with Crippen LogP contribution in [0.5, 0.6) is 0 Å². The van der Waals surface area contributed by atoms with E-state index in [1.54, 1.807) is 32.0 Å². The fourth-order valence-electron chi connectivity index (χ4n) is 4.13. The van der Waals surface area contributed by atoms with Crippen molar-refractivity contribution in [1.82, 2.24) is 24.6 Å². The molecule has 2 aliphatic rings. The molecule has 35 heavy (non-hydrogen) atoms. The molecule has 3 amide bonds. The number of hydrogen-bond acceptors (Lipinski definition) is 7. The maximum atomic E-state index is 13.2. The van der Waals surface area contributed by atoms with Crippen LogP contribution in [0.15, 0.2) is 48.8 Å². The molecule has 3 heterocycles. The number of fused-ring (bicyclic) bond motifs is 1. The van der Waals surface area contributed by atoms with E-state index in [0.29, 0.717) is 0 Å². The van der Waals surface area contributed by atoms with E-state index in [-0.39, 0.29) is 11.1 Å². The Kier molecular flexibility index (Phi) is 6.38. The quantitative estimate of drug-likeness (QED) is 0.300. The molecule has 0 bridgehead atoms. The summed E-state index contributed by atoms with van der Waals surface area (Å²) in [6.45, 7) is 3.41. The molecule has 5 N–H and O–H groups in total. The van der Waals surface area contributed by atoms with Gasteiger partial charge in [-0.05, 0) is 25.5 Å². The zero-order chi connectivity index (χ0) is 25.5. The second kappa shape index (κ2) is 9.02. The number of carboxylic acid groups (broad SMARTS) is 1. The van der Waals surface area contributed by atoms with Crippen molar-refractivity contribution in [3.8, 4) is 0 Å². The lowest BCUT2D eigenvalue weighted by molar-refractivity contribution is -0.161. The molecular weight excluding hydrogens is 498 g/mol. The topological polar surface area (TPSA) is 178 Å². The van der Waals surface area contributed by atoms with Crippen molar-refractivity contribution in [2.75, 3.05) is 0 Å². The number of aromatic nitrogens is 1. The lowest BCUT2D eigenvalue weighted by Crippen LogP contribution is -2.71. The molecule has 14 heteroatoms. The number of rotatable bonds is 8. The first kappa shape index (κ1) is 24.8. The first-order valence-corrected chi connectivity index (χ1v) is 12.8. The van der Waals surface area contributed by atoms with Gasteiger partial charge < -0.3 is 20.3 Å². The van der Waals surface area contributed by atoms with Crippen molar-refractivity contribution in [2.24, 2.45) is 0 Å². The smallest absolute Gasteiger partial charge is 0.327 e. The summed E-state index contributed by atoms with van der Waals surface area (Å²) >= 11 is 1.25.